The van der Waals surface area contributed by atoms with Gasteiger partial charge in [0, 0.05) is 55.4 Å². The Morgan fingerprint density at radius 1 is 1.24 bits per heavy atom. The summed E-state index contributed by atoms with van der Waals surface area (Å²) in [6.45, 7) is 4.89. The standard InChI is InChI=1S/C17H23N3O/c1-13(2)21-17-11-14(18)10-16(12-17)20(3)9-7-15-6-4-5-8-19-15/h4-6,8,10-13H,7,9,18H2,1-3H3. The number of benzene rings is 1. The molecule has 4 heteroatoms. The fourth-order valence-electron chi connectivity index (χ4n) is 2.12. The van der Waals surface area contributed by atoms with E-state index in [0.29, 0.717) is 5.69 Å². The van der Waals surface area contributed by atoms with E-state index in [0.717, 1.165) is 30.1 Å². The summed E-state index contributed by atoms with van der Waals surface area (Å²) in [4.78, 5) is 6.51. The largest absolute Gasteiger partial charge is 0.491 e. The molecule has 0 atom stereocenters. The molecule has 0 aliphatic rings. The average molecular weight is 285 g/mol. The molecule has 2 aromatic rings. The van der Waals surface area contributed by atoms with Crippen LogP contribution in [0.3, 0.4) is 0 Å². The number of nitrogen functional groups attached to an aromatic ring is 1. The lowest BCUT2D eigenvalue weighted by Crippen LogP contribution is -2.21. The molecule has 4 nitrogen and oxygen atoms in total. The van der Waals surface area contributed by atoms with Crippen molar-refractivity contribution in [2.75, 3.05) is 24.2 Å². The molecular weight excluding hydrogens is 262 g/mol. The van der Waals surface area contributed by atoms with E-state index in [4.69, 9.17) is 10.5 Å². The van der Waals surface area contributed by atoms with Gasteiger partial charge in [0.05, 0.1) is 6.10 Å². The maximum Gasteiger partial charge on any atom is 0.123 e. The topological polar surface area (TPSA) is 51.4 Å². The highest BCUT2D eigenvalue weighted by atomic mass is 16.5. The molecule has 0 aliphatic heterocycles. The molecule has 0 aliphatic carbocycles. The molecular formula is C17H23N3O. The van der Waals surface area contributed by atoms with Gasteiger partial charge >= 0.3 is 0 Å². The van der Waals surface area contributed by atoms with Crippen LogP contribution in [-0.4, -0.2) is 24.7 Å². The van der Waals surface area contributed by atoms with Gasteiger partial charge in [-0.2, -0.15) is 0 Å². The van der Waals surface area contributed by atoms with Crippen LogP contribution in [0.5, 0.6) is 5.75 Å². The van der Waals surface area contributed by atoms with Crippen LogP contribution in [0.15, 0.2) is 42.6 Å². The van der Waals surface area contributed by atoms with Gasteiger partial charge in [0.15, 0.2) is 0 Å². The van der Waals surface area contributed by atoms with Crippen LogP contribution in [0.25, 0.3) is 0 Å². The van der Waals surface area contributed by atoms with Crippen molar-refractivity contribution in [3.8, 4) is 5.75 Å². The molecule has 112 valence electrons. The molecule has 0 saturated carbocycles. The number of anilines is 2. The zero-order chi connectivity index (χ0) is 15.2. The highest BCUT2D eigenvalue weighted by Gasteiger charge is 2.07. The third-order valence-corrected chi connectivity index (χ3v) is 3.16. The number of aromatic nitrogens is 1. The van der Waals surface area contributed by atoms with E-state index in [1.165, 1.54) is 0 Å². The molecule has 0 bridgehead atoms. The van der Waals surface area contributed by atoms with Crippen molar-refractivity contribution < 1.29 is 4.74 Å². The quantitative estimate of drug-likeness (QED) is 0.828. The molecule has 1 aromatic carbocycles. The minimum absolute atomic E-state index is 0.137. The first kappa shape index (κ1) is 15.2. The lowest BCUT2D eigenvalue weighted by atomic mass is 10.2. The van der Waals surface area contributed by atoms with Crippen molar-refractivity contribution in [2.24, 2.45) is 0 Å². The van der Waals surface area contributed by atoms with Gasteiger partial charge < -0.3 is 15.4 Å². The summed E-state index contributed by atoms with van der Waals surface area (Å²) in [7, 11) is 2.05. The fraction of sp³-hybridized carbons (Fsp3) is 0.353. The number of pyridine rings is 1. The summed E-state index contributed by atoms with van der Waals surface area (Å²) in [5.41, 5.74) is 8.82. The number of hydrogen-bond donors (Lipinski definition) is 1. The van der Waals surface area contributed by atoms with Crippen LogP contribution in [-0.2, 0) is 6.42 Å². The second kappa shape index (κ2) is 6.97. The van der Waals surface area contributed by atoms with Crippen LogP contribution in [0.2, 0.25) is 0 Å². The third-order valence-electron chi connectivity index (χ3n) is 3.16. The molecule has 0 saturated heterocycles. The zero-order valence-electron chi connectivity index (χ0n) is 12.9. The van der Waals surface area contributed by atoms with Gasteiger partial charge in [0.2, 0.25) is 0 Å². The number of nitrogens with two attached hydrogens (primary N) is 1. The maximum atomic E-state index is 5.96. The van der Waals surface area contributed by atoms with Crippen LogP contribution < -0.4 is 15.4 Å². The Kier molecular flexibility index (Phi) is 5.04. The Morgan fingerprint density at radius 3 is 2.71 bits per heavy atom. The van der Waals surface area contributed by atoms with Crippen LogP contribution in [0.4, 0.5) is 11.4 Å². The van der Waals surface area contributed by atoms with E-state index in [9.17, 15) is 0 Å². The van der Waals surface area contributed by atoms with Crippen LogP contribution in [0, 0.1) is 0 Å². The average Bonchev–Trinajstić information content (AvgIpc) is 2.44. The third kappa shape index (κ3) is 4.67. The predicted molar refractivity (Wildman–Crippen MR) is 87.8 cm³/mol. The molecule has 2 N–H and O–H groups in total. The Bertz CT molecular complexity index is 570. The van der Waals surface area contributed by atoms with E-state index < -0.39 is 0 Å². The molecule has 0 radical (unpaired) electrons. The van der Waals surface area contributed by atoms with Crippen molar-refractivity contribution in [3.05, 3.63) is 48.3 Å². The number of rotatable bonds is 6. The van der Waals surface area contributed by atoms with Crippen molar-refractivity contribution in [1.82, 2.24) is 4.98 Å². The SMILES string of the molecule is CC(C)Oc1cc(N)cc(N(C)CCc2ccccn2)c1. The van der Waals surface area contributed by atoms with Crippen LogP contribution >= 0.6 is 0 Å². The van der Waals surface area contributed by atoms with Gasteiger partial charge in [-0.15, -0.1) is 0 Å². The van der Waals surface area contributed by atoms with E-state index >= 15 is 0 Å². The second-order valence-corrected chi connectivity index (χ2v) is 5.42. The van der Waals surface area contributed by atoms with Crippen molar-refractivity contribution in [2.45, 2.75) is 26.4 Å². The monoisotopic (exact) mass is 285 g/mol. The predicted octanol–water partition coefficient (Wildman–Crippen LogP) is 3.13. The van der Waals surface area contributed by atoms with Gasteiger partial charge in [0.1, 0.15) is 5.75 Å². The molecule has 0 amide bonds. The fourth-order valence-corrected chi connectivity index (χ4v) is 2.12. The summed E-state index contributed by atoms with van der Waals surface area (Å²) in [5, 5.41) is 0. The summed E-state index contributed by atoms with van der Waals surface area (Å²) >= 11 is 0. The number of likely N-dealkylation sites (N-methyl/N-ethyl adjacent to an activating group) is 1. The summed E-state index contributed by atoms with van der Waals surface area (Å²) in [5.74, 6) is 0.810. The Morgan fingerprint density at radius 2 is 2.05 bits per heavy atom. The number of hydrogen-bond acceptors (Lipinski definition) is 4. The lowest BCUT2D eigenvalue weighted by Gasteiger charge is -2.21. The lowest BCUT2D eigenvalue weighted by molar-refractivity contribution is 0.242. The molecule has 21 heavy (non-hydrogen) atoms. The van der Waals surface area contributed by atoms with E-state index in [2.05, 4.69) is 16.9 Å². The van der Waals surface area contributed by atoms with Crippen molar-refractivity contribution >= 4 is 11.4 Å². The zero-order valence-corrected chi connectivity index (χ0v) is 12.9. The first-order chi connectivity index (χ1) is 10.0. The van der Waals surface area contributed by atoms with Gasteiger partial charge in [-0.1, -0.05) is 6.07 Å². The molecule has 0 fully saturated rings. The first-order valence-electron chi connectivity index (χ1n) is 7.23. The normalized spacial score (nSPS) is 10.7. The number of ether oxygens (including phenoxy) is 1. The maximum absolute atomic E-state index is 5.96. The molecule has 0 unspecified atom stereocenters. The van der Waals surface area contributed by atoms with Gasteiger partial charge in [-0.05, 0) is 32.0 Å². The van der Waals surface area contributed by atoms with Crippen molar-refractivity contribution in [3.63, 3.8) is 0 Å². The summed E-state index contributed by atoms with van der Waals surface area (Å²) in [6.07, 6.45) is 2.86. The van der Waals surface area contributed by atoms with E-state index in [-0.39, 0.29) is 6.10 Å². The van der Waals surface area contributed by atoms with E-state index in [1.807, 2.05) is 56.4 Å². The Balaban J connectivity index is 2.04. The van der Waals surface area contributed by atoms with E-state index in [1.54, 1.807) is 0 Å². The highest BCUT2D eigenvalue weighted by Crippen LogP contribution is 2.25. The smallest absolute Gasteiger partial charge is 0.123 e. The molecule has 1 aromatic heterocycles. The first-order valence-corrected chi connectivity index (χ1v) is 7.23. The summed E-state index contributed by atoms with van der Waals surface area (Å²) < 4.78 is 5.73. The van der Waals surface area contributed by atoms with Gasteiger partial charge in [-0.3, -0.25) is 4.98 Å². The number of nitrogens with zero attached hydrogens (tertiary/aromatic N) is 2. The Labute approximate surface area is 126 Å². The molecule has 1 heterocycles. The molecule has 2 rings (SSSR count). The summed E-state index contributed by atoms with van der Waals surface area (Å²) in [6, 6.07) is 11.8. The van der Waals surface area contributed by atoms with Crippen molar-refractivity contribution in [1.29, 1.82) is 0 Å². The van der Waals surface area contributed by atoms with Gasteiger partial charge in [-0.25, -0.2) is 0 Å². The minimum Gasteiger partial charge on any atom is -0.491 e. The van der Waals surface area contributed by atoms with Crippen LogP contribution in [0.1, 0.15) is 19.5 Å². The molecule has 0 spiro atoms. The Hall–Kier alpha value is -2.23. The van der Waals surface area contributed by atoms with Gasteiger partial charge in [0.25, 0.3) is 0 Å². The highest BCUT2D eigenvalue weighted by molar-refractivity contribution is 5.60. The second-order valence-electron chi connectivity index (χ2n) is 5.42. The minimum atomic E-state index is 0.137.